The smallest absolute Gasteiger partial charge is 0.143 e. The molecule has 0 aliphatic carbocycles. The van der Waals surface area contributed by atoms with Gasteiger partial charge in [-0.2, -0.15) is 5.10 Å². The molecule has 108 valence electrons. The number of benzene rings is 1. The summed E-state index contributed by atoms with van der Waals surface area (Å²) in [5.41, 5.74) is 2.44. The van der Waals surface area contributed by atoms with Crippen LogP contribution < -0.4 is 5.32 Å². The van der Waals surface area contributed by atoms with E-state index in [1.807, 2.05) is 18.5 Å². The van der Waals surface area contributed by atoms with Gasteiger partial charge < -0.3 is 5.32 Å². The van der Waals surface area contributed by atoms with Crippen molar-refractivity contribution in [2.75, 3.05) is 5.32 Å². The molecule has 0 atom stereocenters. The fourth-order valence-electron chi connectivity index (χ4n) is 1.98. The first-order valence-electron chi connectivity index (χ1n) is 6.49. The van der Waals surface area contributed by atoms with E-state index in [-0.39, 0.29) is 5.02 Å². The van der Waals surface area contributed by atoms with E-state index >= 15 is 0 Å². The average molecular weight is 316 g/mol. The first-order valence-corrected chi connectivity index (χ1v) is 7.25. The number of rotatable bonds is 5. The highest BCUT2D eigenvalue weighted by Crippen LogP contribution is 2.24. The molecule has 0 aliphatic rings. The maximum Gasteiger partial charge on any atom is 0.143 e. The second-order valence-corrected chi connectivity index (χ2v) is 5.14. The minimum Gasteiger partial charge on any atom is -0.379 e. The number of nitrogens with one attached hydrogen (secondary N) is 1. The van der Waals surface area contributed by atoms with Gasteiger partial charge in [0, 0.05) is 12.2 Å². The minimum absolute atomic E-state index is 0.112. The van der Waals surface area contributed by atoms with E-state index < -0.39 is 5.82 Å². The molecular formula is C14H16Cl2FN3. The van der Waals surface area contributed by atoms with E-state index in [1.54, 1.807) is 6.07 Å². The lowest BCUT2D eigenvalue weighted by atomic mass is 10.2. The zero-order chi connectivity index (χ0) is 14.7. The lowest BCUT2D eigenvalue weighted by molar-refractivity contribution is 0.618. The third-order valence-corrected chi connectivity index (χ3v) is 3.82. The lowest BCUT2D eigenvalue weighted by Crippen LogP contribution is -2.08. The van der Waals surface area contributed by atoms with Gasteiger partial charge in [-0.1, -0.05) is 30.1 Å². The van der Waals surface area contributed by atoms with Crippen molar-refractivity contribution in [3.05, 3.63) is 45.4 Å². The molecule has 0 unspecified atom stereocenters. The Labute approximate surface area is 127 Å². The maximum absolute atomic E-state index is 13.4. The van der Waals surface area contributed by atoms with Gasteiger partial charge in [-0.05, 0) is 31.5 Å². The summed E-state index contributed by atoms with van der Waals surface area (Å²) in [7, 11) is 0. The third-order valence-electron chi connectivity index (χ3n) is 3.07. The fourth-order valence-corrected chi connectivity index (χ4v) is 2.43. The Morgan fingerprint density at radius 3 is 2.65 bits per heavy atom. The Balaban J connectivity index is 2.17. The molecule has 0 fully saturated rings. The summed E-state index contributed by atoms with van der Waals surface area (Å²) in [5, 5.41) is 8.37. The maximum atomic E-state index is 13.4. The number of aromatic nitrogens is 2. The Kier molecular flexibility index (Phi) is 4.89. The van der Waals surface area contributed by atoms with Crippen molar-refractivity contribution in [3.63, 3.8) is 0 Å². The Hall–Kier alpha value is -1.26. The van der Waals surface area contributed by atoms with E-state index in [1.165, 1.54) is 12.1 Å². The SMILES string of the molecule is CCc1nn(CC)c(CNc2ccc(Cl)c(F)c2)c1Cl. The monoisotopic (exact) mass is 315 g/mol. The molecule has 1 heterocycles. The molecule has 0 amide bonds. The van der Waals surface area contributed by atoms with E-state index in [4.69, 9.17) is 23.2 Å². The Bertz CT molecular complexity index is 611. The molecule has 2 rings (SSSR count). The van der Waals surface area contributed by atoms with E-state index in [0.29, 0.717) is 17.3 Å². The molecule has 0 bridgehead atoms. The molecule has 3 nitrogen and oxygen atoms in total. The number of aryl methyl sites for hydroxylation is 2. The average Bonchev–Trinajstić information content (AvgIpc) is 2.76. The standard InChI is InChI=1S/C14H16Cl2FN3/c1-3-12-14(16)13(20(4-2)19-12)8-18-9-5-6-10(15)11(17)7-9/h5-7,18H,3-4,8H2,1-2H3. The van der Waals surface area contributed by atoms with Crippen LogP contribution >= 0.6 is 23.2 Å². The summed E-state index contributed by atoms with van der Waals surface area (Å²) < 4.78 is 15.2. The van der Waals surface area contributed by atoms with Crippen LogP contribution in [0.4, 0.5) is 10.1 Å². The van der Waals surface area contributed by atoms with Gasteiger partial charge in [-0.15, -0.1) is 0 Å². The van der Waals surface area contributed by atoms with E-state index in [2.05, 4.69) is 10.4 Å². The lowest BCUT2D eigenvalue weighted by Gasteiger charge is -2.09. The summed E-state index contributed by atoms with van der Waals surface area (Å²) in [6, 6.07) is 4.62. The molecule has 2 aromatic rings. The summed E-state index contributed by atoms with van der Waals surface area (Å²) in [6.45, 7) is 5.25. The molecule has 20 heavy (non-hydrogen) atoms. The number of anilines is 1. The molecule has 1 N–H and O–H groups in total. The van der Waals surface area contributed by atoms with Gasteiger partial charge in [-0.25, -0.2) is 4.39 Å². The van der Waals surface area contributed by atoms with Crippen molar-refractivity contribution >= 4 is 28.9 Å². The van der Waals surface area contributed by atoms with Crippen LogP contribution in [0.3, 0.4) is 0 Å². The normalized spacial score (nSPS) is 10.8. The Morgan fingerprint density at radius 2 is 2.05 bits per heavy atom. The van der Waals surface area contributed by atoms with Crippen LogP contribution in [0.1, 0.15) is 25.2 Å². The highest BCUT2D eigenvalue weighted by atomic mass is 35.5. The highest BCUT2D eigenvalue weighted by Gasteiger charge is 2.14. The highest BCUT2D eigenvalue weighted by molar-refractivity contribution is 6.32. The van der Waals surface area contributed by atoms with E-state index in [0.717, 1.165) is 24.4 Å². The van der Waals surface area contributed by atoms with Crippen molar-refractivity contribution in [3.8, 4) is 0 Å². The zero-order valence-electron chi connectivity index (χ0n) is 11.4. The van der Waals surface area contributed by atoms with Gasteiger partial charge in [0.05, 0.1) is 28.0 Å². The van der Waals surface area contributed by atoms with Gasteiger partial charge in [0.2, 0.25) is 0 Å². The van der Waals surface area contributed by atoms with Crippen LogP contribution in [0, 0.1) is 5.82 Å². The molecule has 0 saturated carbocycles. The predicted octanol–water partition coefficient (Wildman–Crippen LogP) is 4.52. The van der Waals surface area contributed by atoms with Gasteiger partial charge in [-0.3, -0.25) is 4.68 Å². The number of hydrogen-bond acceptors (Lipinski definition) is 2. The number of hydrogen-bond donors (Lipinski definition) is 1. The van der Waals surface area contributed by atoms with Crippen molar-refractivity contribution in [2.24, 2.45) is 0 Å². The molecular weight excluding hydrogens is 300 g/mol. The summed E-state index contributed by atoms with van der Waals surface area (Å²) in [6.07, 6.45) is 0.786. The first-order chi connectivity index (χ1) is 9.56. The zero-order valence-corrected chi connectivity index (χ0v) is 12.9. The molecule has 1 aromatic heterocycles. The van der Waals surface area contributed by atoms with Crippen molar-refractivity contribution in [1.82, 2.24) is 9.78 Å². The molecule has 0 saturated heterocycles. The minimum atomic E-state index is -0.444. The summed E-state index contributed by atoms with van der Waals surface area (Å²) >= 11 is 12.0. The second-order valence-electron chi connectivity index (χ2n) is 4.36. The molecule has 0 radical (unpaired) electrons. The van der Waals surface area contributed by atoms with Crippen LogP contribution in [-0.4, -0.2) is 9.78 Å². The van der Waals surface area contributed by atoms with Crippen molar-refractivity contribution < 1.29 is 4.39 Å². The number of nitrogens with zero attached hydrogens (tertiary/aromatic N) is 2. The topological polar surface area (TPSA) is 29.9 Å². The van der Waals surface area contributed by atoms with Gasteiger partial charge in [0.15, 0.2) is 0 Å². The predicted molar refractivity (Wildman–Crippen MR) is 81.0 cm³/mol. The molecule has 1 aromatic carbocycles. The molecule has 6 heteroatoms. The van der Waals surface area contributed by atoms with Crippen LogP contribution in [0.2, 0.25) is 10.0 Å². The molecule has 0 spiro atoms. The third kappa shape index (κ3) is 3.07. The van der Waals surface area contributed by atoms with Crippen LogP contribution in [-0.2, 0) is 19.5 Å². The van der Waals surface area contributed by atoms with Crippen LogP contribution in [0.15, 0.2) is 18.2 Å². The number of halogens is 3. The molecule has 0 aliphatic heterocycles. The van der Waals surface area contributed by atoms with Gasteiger partial charge in [0.1, 0.15) is 5.82 Å². The van der Waals surface area contributed by atoms with Gasteiger partial charge in [0.25, 0.3) is 0 Å². The van der Waals surface area contributed by atoms with Crippen LogP contribution in [0.5, 0.6) is 0 Å². The first kappa shape index (κ1) is 15.1. The summed E-state index contributed by atoms with van der Waals surface area (Å²) in [5.74, 6) is -0.444. The van der Waals surface area contributed by atoms with Crippen LogP contribution in [0.25, 0.3) is 0 Å². The van der Waals surface area contributed by atoms with Crippen molar-refractivity contribution in [2.45, 2.75) is 33.4 Å². The largest absolute Gasteiger partial charge is 0.379 e. The fraction of sp³-hybridized carbons (Fsp3) is 0.357. The quantitative estimate of drug-likeness (QED) is 0.879. The second kappa shape index (κ2) is 6.46. The summed E-state index contributed by atoms with van der Waals surface area (Å²) in [4.78, 5) is 0. The Morgan fingerprint density at radius 1 is 1.30 bits per heavy atom. The van der Waals surface area contributed by atoms with E-state index in [9.17, 15) is 4.39 Å². The van der Waals surface area contributed by atoms with Gasteiger partial charge >= 0.3 is 0 Å². The van der Waals surface area contributed by atoms with Crippen molar-refractivity contribution in [1.29, 1.82) is 0 Å².